The molecule has 2 heterocycles. The fourth-order valence-corrected chi connectivity index (χ4v) is 4.68. The SMILES string of the molecule is CC(O)C(N1CCN(c2ccc(F)cc2)CC1)n1c(-c2ccccc2)nc2ccccc21. The predicted octanol–water partition coefficient (Wildman–Crippen LogP) is 4.54. The molecule has 1 fully saturated rings. The van der Waals surface area contributed by atoms with Crippen molar-refractivity contribution in [1.29, 1.82) is 0 Å². The van der Waals surface area contributed by atoms with Gasteiger partial charge in [-0.1, -0.05) is 42.5 Å². The van der Waals surface area contributed by atoms with Crippen LogP contribution < -0.4 is 4.90 Å². The van der Waals surface area contributed by atoms with E-state index in [4.69, 9.17) is 4.98 Å². The molecule has 2 unspecified atom stereocenters. The van der Waals surface area contributed by atoms with E-state index < -0.39 is 6.10 Å². The summed E-state index contributed by atoms with van der Waals surface area (Å²) in [6.45, 7) is 5.03. The fourth-order valence-electron chi connectivity index (χ4n) is 4.68. The van der Waals surface area contributed by atoms with Crippen LogP contribution in [0.4, 0.5) is 10.1 Å². The smallest absolute Gasteiger partial charge is 0.142 e. The lowest BCUT2D eigenvalue weighted by atomic mass is 10.1. The average Bonchev–Trinajstić information content (AvgIpc) is 3.20. The van der Waals surface area contributed by atoms with Crippen molar-refractivity contribution in [3.8, 4) is 11.4 Å². The molecule has 1 aromatic heterocycles. The molecule has 0 aliphatic carbocycles. The summed E-state index contributed by atoms with van der Waals surface area (Å²) >= 11 is 0. The zero-order valence-corrected chi connectivity index (χ0v) is 18.1. The third kappa shape index (κ3) is 3.87. The van der Waals surface area contributed by atoms with E-state index in [-0.39, 0.29) is 12.0 Å². The Kier molecular flexibility index (Phi) is 5.64. The maximum Gasteiger partial charge on any atom is 0.142 e. The molecule has 0 bridgehead atoms. The number of piperazine rings is 1. The Hall–Kier alpha value is -3.22. The number of aliphatic hydroxyl groups is 1. The molecule has 3 aromatic carbocycles. The number of fused-ring (bicyclic) bond motifs is 1. The lowest BCUT2D eigenvalue weighted by molar-refractivity contribution is 0.0177. The third-order valence-corrected chi connectivity index (χ3v) is 6.20. The molecule has 1 N–H and O–H groups in total. The Balaban J connectivity index is 1.49. The van der Waals surface area contributed by atoms with Crippen LogP contribution in [0.25, 0.3) is 22.4 Å². The van der Waals surface area contributed by atoms with E-state index in [1.165, 1.54) is 12.1 Å². The molecule has 164 valence electrons. The van der Waals surface area contributed by atoms with Crippen LogP contribution in [0.3, 0.4) is 0 Å². The van der Waals surface area contributed by atoms with E-state index in [0.29, 0.717) is 0 Å². The number of halogens is 1. The summed E-state index contributed by atoms with van der Waals surface area (Å²) in [4.78, 5) is 9.52. The van der Waals surface area contributed by atoms with Gasteiger partial charge in [0.25, 0.3) is 0 Å². The standard InChI is InChI=1S/C26H27FN4O/c1-19(32)26(30-17-15-29(16-18-30)22-13-11-21(27)12-14-22)31-24-10-6-5-9-23(24)28-25(31)20-7-3-2-4-8-20/h2-14,19,26,32H,15-18H2,1H3. The molecule has 0 saturated carbocycles. The van der Waals surface area contributed by atoms with Crippen molar-refractivity contribution in [2.45, 2.75) is 19.2 Å². The molecule has 0 spiro atoms. The second-order valence-corrected chi connectivity index (χ2v) is 8.31. The number of rotatable bonds is 5. The van der Waals surface area contributed by atoms with Crippen molar-refractivity contribution in [1.82, 2.24) is 14.5 Å². The first-order valence-corrected chi connectivity index (χ1v) is 11.1. The summed E-state index contributed by atoms with van der Waals surface area (Å²) < 4.78 is 15.5. The third-order valence-electron chi connectivity index (χ3n) is 6.20. The lowest BCUT2D eigenvalue weighted by Gasteiger charge is -2.42. The van der Waals surface area contributed by atoms with E-state index in [1.807, 2.05) is 55.5 Å². The van der Waals surface area contributed by atoms with Gasteiger partial charge in [-0.05, 0) is 43.3 Å². The van der Waals surface area contributed by atoms with Crippen molar-refractivity contribution in [3.63, 3.8) is 0 Å². The largest absolute Gasteiger partial charge is 0.390 e. The minimum atomic E-state index is -0.590. The number of benzene rings is 3. The second kappa shape index (κ2) is 8.73. The molecule has 5 rings (SSSR count). The van der Waals surface area contributed by atoms with Gasteiger partial charge in [-0.3, -0.25) is 4.90 Å². The topological polar surface area (TPSA) is 44.5 Å². The molecule has 0 radical (unpaired) electrons. The van der Waals surface area contributed by atoms with E-state index in [1.54, 1.807) is 0 Å². The quantitative estimate of drug-likeness (QED) is 0.505. The highest BCUT2D eigenvalue weighted by Crippen LogP contribution is 2.32. The molecule has 6 heteroatoms. The molecule has 2 atom stereocenters. The Morgan fingerprint density at radius 2 is 1.50 bits per heavy atom. The Morgan fingerprint density at radius 1 is 0.844 bits per heavy atom. The number of imidazole rings is 1. The van der Waals surface area contributed by atoms with Crippen LogP contribution in [-0.4, -0.2) is 51.8 Å². The minimum absolute atomic E-state index is 0.220. The zero-order valence-electron chi connectivity index (χ0n) is 18.1. The highest BCUT2D eigenvalue weighted by molar-refractivity contribution is 5.80. The zero-order chi connectivity index (χ0) is 22.1. The van der Waals surface area contributed by atoms with E-state index in [0.717, 1.165) is 54.3 Å². The maximum atomic E-state index is 13.3. The molecule has 32 heavy (non-hydrogen) atoms. The Bertz CT molecular complexity index is 1180. The minimum Gasteiger partial charge on any atom is -0.390 e. The van der Waals surface area contributed by atoms with E-state index in [2.05, 4.69) is 32.6 Å². The second-order valence-electron chi connectivity index (χ2n) is 8.31. The van der Waals surface area contributed by atoms with Gasteiger partial charge in [-0.25, -0.2) is 9.37 Å². The number of para-hydroxylation sites is 2. The van der Waals surface area contributed by atoms with Crippen LogP contribution in [-0.2, 0) is 0 Å². The van der Waals surface area contributed by atoms with Crippen molar-refractivity contribution in [3.05, 3.63) is 84.7 Å². The number of anilines is 1. The van der Waals surface area contributed by atoms with Gasteiger partial charge in [0.05, 0.1) is 17.1 Å². The van der Waals surface area contributed by atoms with Gasteiger partial charge >= 0.3 is 0 Å². The van der Waals surface area contributed by atoms with Crippen LogP contribution >= 0.6 is 0 Å². The molecule has 4 aromatic rings. The highest BCUT2D eigenvalue weighted by Gasteiger charge is 2.31. The Morgan fingerprint density at radius 3 is 2.19 bits per heavy atom. The average molecular weight is 431 g/mol. The summed E-state index contributed by atoms with van der Waals surface area (Å²) in [5, 5.41) is 10.9. The van der Waals surface area contributed by atoms with Crippen molar-refractivity contribution >= 4 is 16.7 Å². The fraction of sp³-hybridized carbons (Fsp3) is 0.269. The van der Waals surface area contributed by atoms with Crippen LogP contribution in [0, 0.1) is 5.82 Å². The number of nitrogens with zero attached hydrogens (tertiary/aromatic N) is 4. The van der Waals surface area contributed by atoms with Gasteiger partial charge in [0.2, 0.25) is 0 Å². The molecule has 1 aliphatic rings. The van der Waals surface area contributed by atoms with Crippen LogP contribution in [0.2, 0.25) is 0 Å². The summed E-state index contributed by atoms with van der Waals surface area (Å²) in [6.07, 6.45) is -0.833. The summed E-state index contributed by atoms with van der Waals surface area (Å²) in [5.74, 6) is 0.639. The van der Waals surface area contributed by atoms with Gasteiger partial charge in [-0.2, -0.15) is 0 Å². The monoisotopic (exact) mass is 430 g/mol. The van der Waals surface area contributed by atoms with Crippen LogP contribution in [0.1, 0.15) is 13.1 Å². The van der Waals surface area contributed by atoms with Gasteiger partial charge < -0.3 is 14.6 Å². The van der Waals surface area contributed by atoms with Crippen LogP contribution in [0.15, 0.2) is 78.9 Å². The molecule has 1 saturated heterocycles. The molecular formula is C26H27FN4O. The normalized spacial score (nSPS) is 16.9. The van der Waals surface area contributed by atoms with E-state index >= 15 is 0 Å². The summed E-state index contributed by atoms with van der Waals surface area (Å²) in [6, 6.07) is 24.9. The predicted molar refractivity (Wildman–Crippen MR) is 126 cm³/mol. The molecule has 0 amide bonds. The number of aromatic nitrogens is 2. The maximum absolute atomic E-state index is 13.3. The summed E-state index contributed by atoms with van der Waals surface area (Å²) in [7, 11) is 0. The van der Waals surface area contributed by atoms with Crippen molar-refractivity contribution in [2.24, 2.45) is 0 Å². The van der Waals surface area contributed by atoms with Gasteiger partial charge in [0.15, 0.2) is 0 Å². The number of aliphatic hydroxyl groups excluding tert-OH is 1. The number of hydrogen-bond donors (Lipinski definition) is 1. The first-order valence-electron chi connectivity index (χ1n) is 11.1. The lowest BCUT2D eigenvalue weighted by Crippen LogP contribution is -2.51. The Labute approximate surface area is 187 Å². The highest BCUT2D eigenvalue weighted by atomic mass is 19.1. The van der Waals surface area contributed by atoms with Crippen molar-refractivity contribution < 1.29 is 9.50 Å². The first kappa shape index (κ1) is 20.7. The van der Waals surface area contributed by atoms with Gasteiger partial charge in [0, 0.05) is 37.4 Å². The molecular weight excluding hydrogens is 403 g/mol. The first-order chi connectivity index (χ1) is 15.6. The van der Waals surface area contributed by atoms with Gasteiger partial charge in [-0.15, -0.1) is 0 Å². The summed E-state index contributed by atoms with van der Waals surface area (Å²) in [5.41, 5.74) is 3.98. The molecule has 1 aliphatic heterocycles. The van der Waals surface area contributed by atoms with Crippen molar-refractivity contribution in [2.75, 3.05) is 31.1 Å². The van der Waals surface area contributed by atoms with E-state index in [9.17, 15) is 9.50 Å². The molecule has 5 nitrogen and oxygen atoms in total. The van der Waals surface area contributed by atoms with Gasteiger partial charge in [0.1, 0.15) is 17.8 Å². The number of hydrogen-bond acceptors (Lipinski definition) is 4. The van der Waals surface area contributed by atoms with Crippen LogP contribution in [0.5, 0.6) is 0 Å².